The molecule has 122 valence electrons. The van der Waals surface area contributed by atoms with Crippen molar-refractivity contribution in [2.75, 3.05) is 20.1 Å². The van der Waals surface area contributed by atoms with E-state index in [1.807, 2.05) is 18.9 Å². The SMILES string of the molecule is Cc1nc(Cc2ccc(F)cc2)sc1C(=O)N(C)[C@@H]1CCNC1. The van der Waals surface area contributed by atoms with Crippen molar-refractivity contribution in [1.29, 1.82) is 0 Å². The molecule has 0 aliphatic carbocycles. The van der Waals surface area contributed by atoms with Gasteiger partial charge in [-0.15, -0.1) is 11.3 Å². The number of hydrogen-bond donors (Lipinski definition) is 1. The monoisotopic (exact) mass is 333 g/mol. The van der Waals surface area contributed by atoms with Crippen LogP contribution in [0, 0.1) is 12.7 Å². The molecule has 1 N–H and O–H groups in total. The average Bonchev–Trinajstić information content (AvgIpc) is 3.18. The van der Waals surface area contributed by atoms with E-state index in [0.29, 0.717) is 11.3 Å². The molecule has 1 aromatic heterocycles. The molecule has 3 rings (SSSR count). The molecular weight excluding hydrogens is 313 g/mol. The third kappa shape index (κ3) is 3.59. The maximum Gasteiger partial charge on any atom is 0.265 e. The van der Waals surface area contributed by atoms with E-state index in [0.717, 1.165) is 35.8 Å². The van der Waals surface area contributed by atoms with Gasteiger partial charge in [-0.05, 0) is 37.6 Å². The molecule has 2 heterocycles. The highest BCUT2D eigenvalue weighted by molar-refractivity contribution is 7.13. The Morgan fingerprint density at radius 2 is 2.17 bits per heavy atom. The van der Waals surface area contributed by atoms with Crippen molar-refractivity contribution in [1.82, 2.24) is 15.2 Å². The Hall–Kier alpha value is -1.79. The van der Waals surface area contributed by atoms with Crippen molar-refractivity contribution >= 4 is 17.2 Å². The maximum absolute atomic E-state index is 13.0. The molecule has 2 aromatic rings. The van der Waals surface area contributed by atoms with Crippen LogP contribution in [0.2, 0.25) is 0 Å². The average molecular weight is 333 g/mol. The van der Waals surface area contributed by atoms with E-state index < -0.39 is 0 Å². The Morgan fingerprint density at radius 3 is 2.83 bits per heavy atom. The van der Waals surface area contributed by atoms with Gasteiger partial charge in [-0.1, -0.05) is 12.1 Å². The molecule has 1 atom stereocenters. The number of halogens is 1. The number of rotatable bonds is 4. The Balaban J connectivity index is 1.74. The highest BCUT2D eigenvalue weighted by Crippen LogP contribution is 2.23. The lowest BCUT2D eigenvalue weighted by Gasteiger charge is -2.23. The zero-order valence-corrected chi connectivity index (χ0v) is 14.1. The number of carbonyl (C=O) groups excluding carboxylic acids is 1. The summed E-state index contributed by atoms with van der Waals surface area (Å²) in [5.41, 5.74) is 1.77. The molecule has 1 amide bonds. The highest BCUT2D eigenvalue weighted by Gasteiger charge is 2.26. The Kier molecular flexibility index (Phi) is 4.73. The molecule has 0 unspecified atom stereocenters. The number of amides is 1. The minimum atomic E-state index is -0.244. The van der Waals surface area contributed by atoms with Gasteiger partial charge in [0, 0.05) is 26.1 Å². The van der Waals surface area contributed by atoms with Gasteiger partial charge in [0.2, 0.25) is 0 Å². The second-order valence-electron chi connectivity index (χ2n) is 5.89. The van der Waals surface area contributed by atoms with Gasteiger partial charge in [-0.3, -0.25) is 4.79 Å². The first-order valence-electron chi connectivity index (χ1n) is 7.73. The van der Waals surface area contributed by atoms with Gasteiger partial charge in [-0.25, -0.2) is 9.37 Å². The Bertz CT molecular complexity index is 692. The van der Waals surface area contributed by atoms with Crippen LogP contribution >= 0.6 is 11.3 Å². The number of carbonyl (C=O) groups is 1. The molecule has 0 spiro atoms. The van der Waals surface area contributed by atoms with Gasteiger partial charge < -0.3 is 10.2 Å². The number of aromatic nitrogens is 1. The van der Waals surface area contributed by atoms with Gasteiger partial charge in [0.25, 0.3) is 5.91 Å². The lowest BCUT2D eigenvalue weighted by Crippen LogP contribution is -2.38. The largest absolute Gasteiger partial charge is 0.337 e. The second kappa shape index (κ2) is 6.76. The normalized spacial score (nSPS) is 17.4. The lowest BCUT2D eigenvalue weighted by atomic mass is 10.1. The Morgan fingerprint density at radius 1 is 1.43 bits per heavy atom. The molecule has 4 nitrogen and oxygen atoms in total. The van der Waals surface area contributed by atoms with Crippen molar-refractivity contribution in [2.45, 2.75) is 25.8 Å². The van der Waals surface area contributed by atoms with Crippen molar-refractivity contribution in [3.8, 4) is 0 Å². The van der Waals surface area contributed by atoms with Gasteiger partial charge in [0.15, 0.2) is 0 Å². The van der Waals surface area contributed by atoms with E-state index in [9.17, 15) is 9.18 Å². The summed E-state index contributed by atoms with van der Waals surface area (Å²) in [6, 6.07) is 6.66. The van der Waals surface area contributed by atoms with E-state index in [2.05, 4.69) is 10.3 Å². The number of thiazole rings is 1. The summed E-state index contributed by atoms with van der Waals surface area (Å²) >= 11 is 1.44. The topological polar surface area (TPSA) is 45.2 Å². The summed E-state index contributed by atoms with van der Waals surface area (Å²) in [4.78, 5) is 19.7. The number of nitrogens with one attached hydrogen (secondary N) is 1. The van der Waals surface area contributed by atoms with Crippen LogP contribution in [0.25, 0.3) is 0 Å². The first-order chi connectivity index (χ1) is 11.0. The standard InChI is InChI=1S/C17H20FN3OS/c1-11-16(17(22)21(2)14-7-8-19-10-14)23-15(20-11)9-12-3-5-13(18)6-4-12/h3-6,14,19H,7-10H2,1-2H3/t14-/m1/s1. The van der Waals surface area contributed by atoms with Crippen LogP contribution in [0.5, 0.6) is 0 Å². The molecule has 0 saturated carbocycles. The number of benzene rings is 1. The fraction of sp³-hybridized carbons (Fsp3) is 0.412. The summed E-state index contributed by atoms with van der Waals surface area (Å²) in [5.74, 6) is -0.203. The second-order valence-corrected chi connectivity index (χ2v) is 6.97. The fourth-order valence-corrected chi connectivity index (χ4v) is 3.88. The van der Waals surface area contributed by atoms with Crippen LogP contribution in [-0.4, -0.2) is 42.0 Å². The predicted octanol–water partition coefficient (Wildman–Crippen LogP) is 2.62. The Labute approximate surface area is 139 Å². The third-order valence-corrected chi connectivity index (χ3v) is 5.35. The quantitative estimate of drug-likeness (QED) is 0.935. The van der Waals surface area contributed by atoms with Crippen LogP contribution in [0.15, 0.2) is 24.3 Å². The summed E-state index contributed by atoms with van der Waals surface area (Å²) in [5, 5.41) is 4.16. The van der Waals surface area contributed by atoms with Crippen molar-refractivity contribution in [3.05, 3.63) is 51.2 Å². The van der Waals surface area contributed by atoms with E-state index in [1.54, 1.807) is 12.1 Å². The molecule has 1 saturated heterocycles. The molecule has 6 heteroatoms. The minimum Gasteiger partial charge on any atom is -0.337 e. The number of hydrogen-bond acceptors (Lipinski definition) is 4. The van der Waals surface area contributed by atoms with Crippen molar-refractivity contribution in [2.24, 2.45) is 0 Å². The number of likely N-dealkylation sites (N-methyl/N-ethyl adjacent to an activating group) is 1. The lowest BCUT2D eigenvalue weighted by molar-refractivity contribution is 0.0747. The van der Waals surface area contributed by atoms with E-state index in [-0.39, 0.29) is 17.8 Å². The van der Waals surface area contributed by atoms with E-state index in [4.69, 9.17) is 0 Å². The third-order valence-electron chi connectivity index (χ3n) is 4.21. The molecule has 0 radical (unpaired) electrons. The minimum absolute atomic E-state index is 0.0408. The van der Waals surface area contributed by atoms with Crippen LogP contribution in [0.4, 0.5) is 4.39 Å². The van der Waals surface area contributed by atoms with Gasteiger partial charge in [0.1, 0.15) is 10.7 Å². The van der Waals surface area contributed by atoms with Crippen LogP contribution in [-0.2, 0) is 6.42 Å². The molecule has 23 heavy (non-hydrogen) atoms. The van der Waals surface area contributed by atoms with Crippen molar-refractivity contribution < 1.29 is 9.18 Å². The van der Waals surface area contributed by atoms with E-state index in [1.165, 1.54) is 23.5 Å². The summed E-state index contributed by atoms with van der Waals surface area (Å²) in [6.07, 6.45) is 1.61. The van der Waals surface area contributed by atoms with E-state index >= 15 is 0 Å². The molecule has 0 bridgehead atoms. The number of nitrogens with zero attached hydrogens (tertiary/aromatic N) is 2. The first kappa shape index (κ1) is 16.1. The molecule has 1 aliphatic rings. The summed E-state index contributed by atoms with van der Waals surface area (Å²) in [6.45, 7) is 3.68. The van der Waals surface area contributed by atoms with Gasteiger partial charge in [-0.2, -0.15) is 0 Å². The fourth-order valence-electron chi connectivity index (χ4n) is 2.80. The van der Waals surface area contributed by atoms with Crippen molar-refractivity contribution in [3.63, 3.8) is 0 Å². The molecular formula is C17H20FN3OS. The van der Waals surface area contributed by atoms with Gasteiger partial charge >= 0.3 is 0 Å². The molecule has 1 aliphatic heterocycles. The summed E-state index contributed by atoms with van der Waals surface area (Å²) < 4.78 is 13.0. The summed E-state index contributed by atoms with van der Waals surface area (Å²) in [7, 11) is 1.86. The molecule has 1 fully saturated rings. The predicted molar refractivity (Wildman–Crippen MR) is 89.4 cm³/mol. The first-order valence-corrected chi connectivity index (χ1v) is 8.55. The van der Waals surface area contributed by atoms with Gasteiger partial charge in [0.05, 0.1) is 10.7 Å². The molecule has 1 aromatic carbocycles. The van der Waals surface area contributed by atoms with Crippen LogP contribution in [0.1, 0.15) is 32.4 Å². The smallest absolute Gasteiger partial charge is 0.265 e. The zero-order chi connectivity index (χ0) is 16.4. The van der Waals surface area contributed by atoms with Crippen LogP contribution in [0.3, 0.4) is 0 Å². The zero-order valence-electron chi connectivity index (χ0n) is 13.3. The maximum atomic E-state index is 13.0. The highest BCUT2D eigenvalue weighted by atomic mass is 32.1. The van der Waals surface area contributed by atoms with Crippen LogP contribution < -0.4 is 5.32 Å². The number of aryl methyl sites for hydroxylation is 1.